The number of aromatic nitrogens is 1. The smallest absolute Gasteiger partial charge is 0.251 e. The molecular formula is C17H13FN2O. The second-order valence-corrected chi connectivity index (χ2v) is 4.68. The molecule has 0 aliphatic carbocycles. The van der Waals surface area contributed by atoms with Crippen molar-refractivity contribution in [2.75, 3.05) is 0 Å². The summed E-state index contributed by atoms with van der Waals surface area (Å²) in [6, 6.07) is 15.3. The number of benzene rings is 2. The Morgan fingerprint density at radius 3 is 2.81 bits per heavy atom. The standard InChI is InChI=1S/C17H13FN2O/c18-14-5-3-4-12(10-14)17(21)20-11-13-8-9-19-16-7-2-1-6-15(13)16/h1-10H,11H2,(H,20,21). The number of hydrogen-bond acceptors (Lipinski definition) is 2. The minimum Gasteiger partial charge on any atom is -0.348 e. The minimum absolute atomic E-state index is 0.296. The number of carbonyl (C=O) groups is 1. The molecule has 0 unspecified atom stereocenters. The lowest BCUT2D eigenvalue weighted by Gasteiger charge is -2.08. The summed E-state index contributed by atoms with van der Waals surface area (Å²) in [5.74, 6) is -0.715. The third-order valence-electron chi connectivity index (χ3n) is 3.27. The van der Waals surface area contributed by atoms with Gasteiger partial charge in [0, 0.05) is 23.7 Å². The van der Waals surface area contributed by atoms with Gasteiger partial charge in [-0.1, -0.05) is 24.3 Å². The van der Waals surface area contributed by atoms with Gasteiger partial charge in [0.2, 0.25) is 0 Å². The molecule has 0 aliphatic heterocycles. The Balaban J connectivity index is 1.79. The van der Waals surface area contributed by atoms with Crippen LogP contribution in [-0.4, -0.2) is 10.9 Å². The molecule has 0 saturated heterocycles. The van der Waals surface area contributed by atoms with Gasteiger partial charge in [-0.15, -0.1) is 0 Å². The highest BCUT2D eigenvalue weighted by Crippen LogP contribution is 2.16. The Hall–Kier alpha value is -2.75. The second-order valence-electron chi connectivity index (χ2n) is 4.68. The first-order valence-corrected chi connectivity index (χ1v) is 6.60. The molecule has 1 heterocycles. The van der Waals surface area contributed by atoms with Crippen LogP contribution in [0, 0.1) is 5.82 Å². The van der Waals surface area contributed by atoms with Crippen molar-refractivity contribution in [3.05, 3.63) is 77.7 Å². The van der Waals surface area contributed by atoms with E-state index in [4.69, 9.17) is 0 Å². The van der Waals surface area contributed by atoms with Crippen LogP contribution in [0.3, 0.4) is 0 Å². The van der Waals surface area contributed by atoms with E-state index in [9.17, 15) is 9.18 Å². The fourth-order valence-electron chi connectivity index (χ4n) is 2.22. The second kappa shape index (κ2) is 5.71. The largest absolute Gasteiger partial charge is 0.348 e. The van der Waals surface area contributed by atoms with Crippen molar-refractivity contribution in [2.45, 2.75) is 6.54 Å². The number of nitrogens with zero attached hydrogens (tertiary/aromatic N) is 1. The first-order valence-electron chi connectivity index (χ1n) is 6.60. The average molecular weight is 280 g/mol. The van der Waals surface area contributed by atoms with Crippen LogP contribution in [0.4, 0.5) is 4.39 Å². The van der Waals surface area contributed by atoms with Crippen LogP contribution >= 0.6 is 0 Å². The molecule has 0 aliphatic rings. The fourth-order valence-corrected chi connectivity index (χ4v) is 2.22. The van der Waals surface area contributed by atoms with Crippen LogP contribution in [0.2, 0.25) is 0 Å². The zero-order valence-corrected chi connectivity index (χ0v) is 11.2. The molecule has 0 fully saturated rings. The highest BCUT2D eigenvalue weighted by atomic mass is 19.1. The number of nitrogens with one attached hydrogen (secondary N) is 1. The molecule has 0 bridgehead atoms. The zero-order chi connectivity index (χ0) is 14.7. The number of amides is 1. The Morgan fingerprint density at radius 1 is 1.10 bits per heavy atom. The Bertz CT molecular complexity index is 796. The molecular weight excluding hydrogens is 267 g/mol. The van der Waals surface area contributed by atoms with Gasteiger partial charge in [-0.3, -0.25) is 9.78 Å². The highest BCUT2D eigenvalue weighted by Gasteiger charge is 2.07. The quantitative estimate of drug-likeness (QED) is 0.799. The molecule has 0 atom stereocenters. The van der Waals surface area contributed by atoms with E-state index in [1.54, 1.807) is 12.3 Å². The normalized spacial score (nSPS) is 10.5. The van der Waals surface area contributed by atoms with E-state index in [0.717, 1.165) is 16.5 Å². The molecule has 21 heavy (non-hydrogen) atoms. The van der Waals surface area contributed by atoms with Gasteiger partial charge in [0.15, 0.2) is 0 Å². The van der Waals surface area contributed by atoms with Gasteiger partial charge in [0.25, 0.3) is 5.91 Å². The zero-order valence-electron chi connectivity index (χ0n) is 11.2. The molecule has 3 nitrogen and oxygen atoms in total. The summed E-state index contributed by atoms with van der Waals surface area (Å²) < 4.78 is 13.1. The van der Waals surface area contributed by atoms with E-state index < -0.39 is 5.82 Å². The Labute approximate surface area is 121 Å². The van der Waals surface area contributed by atoms with Gasteiger partial charge < -0.3 is 5.32 Å². The van der Waals surface area contributed by atoms with Gasteiger partial charge in [0.05, 0.1) is 5.52 Å². The van der Waals surface area contributed by atoms with Crippen LogP contribution in [0.5, 0.6) is 0 Å². The molecule has 2 aromatic carbocycles. The average Bonchev–Trinajstić information content (AvgIpc) is 2.52. The summed E-state index contributed by atoms with van der Waals surface area (Å²) in [7, 11) is 0. The van der Waals surface area contributed by atoms with E-state index in [-0.39, 0.29) is 5.91 Å². The maximum atomic E-state index is 13.1. The first kappa shape index (κ1) is 13.2. The fraction of sp³-hybridized carbons (Fsp3) is 0.0588. The summed E-state index contributed by atoms with van der Waals surface area (Å²) in [6.07, 6.45) is 1.71. The maximum absolute atomic E-state index is 13.1. The van der Waals surface area contributed by atoms with Gasteiger partial charge in [-0.2, -0.15) is 0 Å². The third kappa shape index (κ3) is 2.89. The van der Waals surface area contributed by atoms with Crippen molar-refractivity contribution in [1.82, 2.24) is 10.3 Å². The summed E-state index contributed by atoms with van der Waals surface area (Å²) in [5, 5.41) is 3.80. The predicted molar refractivity (Wildman–Crippen MR) is 79.3 cm³/mol. The number of para-hydroxylation sites is 1. The Kier molecular flexibility index (Phi) is 3.60. The van der Waals surface area contributed by atoms with Crippen molar-refractivity contribution in [3.8, 4) is 0 Å². The lowest BCUT2D eigenvalue weighted by Crippen LogP contribution is -2.23. The van der Waals surface area contributed by atoms with Gasteiger partial charge in [-0.05, 0) is 35.9 Å². The number of rotatable bonds is 3. The van der Waals surface area contributed by atoms with Gasteiger partial charge >= 0.3 is 0 Å². The van der Waals surface area contributed by atoms with Crippen LogP contribution in [0.25, 0.3) is 10.9 Å². The summed E-state index contributed by atoms with van der Waals surface area (Å²) in [6.45, 7) is 0.373. The van der Waals surface area contributed by atoms with E-state index >= 15 is 0 Å². The third-order valence-corrected chi connectivity index (χ3v) is 3.27. The van der Waals surface area contributed by atoms with Crippen molar-refractivity contribution >= 4 is 16.8 Å². The molecule has 104 valence electrons. The lowest BCUT2D eigenvalue weighted by molar-refractivity contribution is 0.0950. The molecule has 0 saturated carbocycles. The van der Waals surface area contributed by atoms with Gasteiger partial charge in [0.1, 0.15) is 5.82 Å². The SMILES string of the molecule is O=C(NCc1ccnc2ccccc12)c1cccc(F)c1. The Morgan fingerprint density at radius 2 is 1.95 bits per heavy atom. The van der Waals surface area contributed by atoms with Crippen molar-refractivity contribution in [1.29, 1.82) is 0 Å². The highest BCUT2D eigenvalue weighted by molar-refractivity contribution is 5.94. The predicted octanol–water partition coefficient (Wildman–Crippen LogP) is 3.30. The van der Waals surface area contributed by atoms with Gasteiger partial charge in [-0.25, -0.2) is 4.39 Å². The summed E-state index contributed by atoms with van der Waals surface area (Å²) in [5.41, 5.74) is 2.17. The molecule has 1 aromatic heterocycles. The first-order chi connectivity index (χ1) is 10.2. The number of halogens is 1. The topological polar surface area (TPSA) is 42.0 Å². The van der Waals surface area contributed by atoms with Crippen molar-refractivity contribution in [3.63, 3.8) is 0 Å². The number of pyridine rings is 1. The minimum atomic E-state index is -0.419. The van der Waals surface area contributed by atoms with Crippen molar-refractivity contribution in [2.24, 2.45) is 0 Å². The van der Waals surface area contributed by atoms with Crippen LogP contribution in [0.15, 0.2) is 60.8 Å². The van der Waals surface area contributed by atoms with Crippen molar-refractivity contribution < 1.29 is 9.18 Å². The molecule has 3 rings (SSSR count). The number of hydrogen-bond donors (Lipinski definition) is 1. The van der Waals surface area contributed by atoms with E-state index in [0.29, 0.717) is 12.1 Å². The van der Waals surface area contributed by atoms with Crippen LogP contribution < -0.4 is 5.32 Å². The molecule has 3 aromatic rings. The lowest BCUT2D eigenvalue weighted by atomic mass is 10.1. The summed E-state index contributed by atoms with van der Waals surface area (Å²) >= 11 is 0. The van der Waals surface area contributed by atoms with E-state index in [2.05, 4.69) is 10.3 Å². The molecule has 1 amide bonds. The number of carbonyl (C=O) groups excluding carboxylic acids is 1. The molecule has 1 N–H and O–H groups in total. The van der Waals surface area contributed by atoms with E-state index in [1.165, 1.54) is 18.2 Å². The summed E-state index contributed by atoms with van der Waals surface area (Å²) in [4.78, 5) is 16.3. The molecule has 4 heteroatoms. The van der Waals surface area contributed by atoms with Crippen LogP contribution in [-0.2, 0) is 6.54 Å². The maximum Gasteiger partial charge on any atom is 0.251 e. The molecule has 0 radical (unpaired) electrons. The number of fused-ring (bicyclic) bond motifs is 1. The molecule has 0 spiro atoms. The monoisotopic (exact) mass is 280 g/mol. The van der Waals surface area contributed by atoms with E-state index in [1.807, 2.05) is 30.3 Å². The van der Waals surface area contributed by atoms with Crippen LogP contribution in [0.1, 0.15) is 15.9 Å².